The number of esters is 1. The Kier molecular flexibility index (Phi) is 4.39. The van der Waals surface area contributed by atoms with Gasteiger partial charge in [-0.3, -0.25) is 0 Å². The smallest absolute Gasteiger partial charge is 0.330 e. The van der Waals surface area contributed by atoms with Crippen LogP contribution in [0.2, 0.25) is 0 Å². The number of carbonyl (C=O) groups excluding carboxylic acids is 1. The lowest BCUT2D eigenvalue weighted by Crippen LogP contribution is -1.94. The maximum Gasteiger partial charge on any atom is 0.330 e. The number of phenolic OH excluding ortho intramolecular Hbond substituents is 1. The molecule has 0 saturated carbocycles. The molecular weight excluding hydrogens is 208 g/mol. The molecule has 1 rings (SSSR count). The molecular formula is C12H14O4. The normalized spacial score (nSPS) is 10.4. The van der Waals surface area contributed by atoms with Gasteiger partial charge in [-0.2, -0.15) is 0 Å². The van der Waals surface area contributed by atoms with Crippen molar-refractivity contribution >= 4 is 12.0 Å². The van der Waals surface area contributed by atoms with Crippen LogP contribution < -0.4 is 4.74 Å². The van der Waals surface area contributed by atoms with E-state index in [1.807, 2.05) is 6.92 Å². The van der Waals surface area contributed by atoms with E-state index < -0.39 is 5.97 Å². The maximum atomic E-state index is 10.9. The van der Waals surface area contributed by atoms with Crippen LogP contribution in [0.3, 0.4) is 0 Å². The zero-order valence-electron chi connectivity index (χ0n) is 9.27. The number of benzene rings is 1. The summed E-state index contributed by atoms with van der Waals surface area (Å²) in [7, 11) is 1.31. The summed E-state index contributed by atoms with van der Waals surface area (Å²) in [6.45, 7) is 2.30. The van der Waals surface area contributed by atoms with Gasteiger partial charge in [-0.05, 0) is 30.7 Å². The van der Waals surface area contributed by atoms with Gasteiger partial charge in [0.2, 0.25) is 0 Å². The van der Waals surface area contributed by atoms with E-state index in [1.165, 1.54) is 19.3 Å². The van der Waals surface area contributed by atoms with E-state index in [0.717, 1.165) is 5.56 Å². The number of phenols is 1. The maximum absolute atomic E-state index is 10.9. The molecule has 0 fully saturated rings. The fraction of sp³-hybridized carbons (Fsp3) is 0.250. The van der Waals surface area contributed by atoms with Gasteiger partial charge >= 0.3 is 5.97 Å². The summed E-state index contributed by atoms with van der Waals surface area (Å²) in [6, 6.07) is 4.84. The van der Waals surface area contributed by atoms with Crippen LogP contribution in [-0.4, -0.2) is 24.8 Å². The summed E-state index contributed by atoms with van der Waals surface area (Å²) in [5.41, 5.74) is 0.756. The van der Waals surface area contributed by atoms with E-state index in [4.69, 9.17) is 4.74 Å². The third-order valence-corrected chi connectivity index (χ3v) is 1.90. The molecule has 0 aliphatic heterocycles. The van der Waals surface area contributed by atoms with Crippen LogP contribution in [0.25, 0.3) is 6.08 Å². The second-order valence-corrected chi connectivity index (χ2v) is 3.02. The Labute approximate surface area is 94.1 Å². The average molecular weight is 222 g/mol. The molecule has 0 aliphatic carbocycles. The predicted molar refractivity (Wildman–Crippen MR) is 60.3 cm³/mol. The lowest BCUT2D eigenvalue weighted by atomic mass is 10.2. The molecule has 16 heavy (non-hydrogen) atoms. The second-order valence-electron chi connectivity index (χ2n) is 3.02. The summed E-state index contributed by atoms with van der Waals surface area (Å²) in [4.78, 5) is 10.9. The third-order valence-electron chi connectivity index (χ3n) is 1.90. The standard InChI is InChI=1S/C12H14O4/c1-3-16-11-8-9(4-6-10(11)13)5-7-12(14)15-2/h4-8,13H,3H2,1-2H3/b7-5+. The molecule has 1 aromatic rings. The van der Waals surface area contributed by atoms with Crippen molar-refractivity contribution in [1.29, 1.82) is 0 Å². The Hall–Kier alpha value is -1.97. The Balaban J connectivity index is 2.86. The minimum atomic E-state index is -0.425. The van der Waals surface area contributed by atoms with Crippen LogP contribution in [-0.2, 0) is 9.53 Å². The van der Waals surface area contributed by atoms with E-state index in [0.29, 0.717) is 12.4 Å². The van der Waals surface area contributed by atoms with Crippen molar-refractivity contribution in [3.63, 3.8) is 0 Å². The quantitative estimate of drug-likeness (QED) is 0.625. The molecule has 0 radical (unpaired) electrons. The monoisotopic (exact) mass is 222 g/mol. The highest BCUT2D eigenvalue weighted by atomic mass is 16.5. The first-order valence-electron chi connectivity index (χ1n) is 4.89. The summed E-state index contributed by atoms with van der Waals surface area (Å²) >= 11 is 0. The summed E-state index contributed by atoms with van der Waals surface area (Å²) in [6.07, 6.45) is 2.90. The molecule has 0 unspecified atom stereocenters. The molecule has 0 bridgehead atoms. The number of aromatic hydroxyl groups is 1. The van der Waals surface area contributed by atoms with Crippen molar-refractivity contribution in [2.75, 3.05) is 13.7 Å². The Morgan fingerprint density at radius 1 is 1.50 bits per heavy atom. The van der Waals surface area contributed by atoms with Crippen LogP contribution in [0, 0.1) is 0 Å². The number of ether oxygens (including phenoxy) is 2. The van der Waals surface area contributed by atoms with Crippen LogP contribution in [0.4, 0.5) is 0 Å². The van der Waals surface area contributed by atoms with Crippen molar-refractivity contribution in [3.8, 4) is 11.5 Å². The van der Waals surface area contributed by atoms with E-state index in [2.05, 4.69) is 4.74 Å². The second kappa shape index (κ2) is 5.80. The summed E-state index contributed by atoms with van der Waals surface area (Å²) in [5.74, 6) is 0.0534. The molecule has 1 N–H and O–H groups in total. The van der Waals surface area contributed by atoms with Crippen LogP contribution >= 0.6 is 0 Å². The topological polar surface area (TPSA) is 55.8 Å². The fourth-order valence-corrected chi connectivity index (χ4v) is 1.14. The molecule has 0 aliphatic rings. The molecule has 0 spiro atoms. The SMILES string of the molecule is CCOc1cc(/C=C/C(=O)OC)ccc1O. The van der Waals surface area contributed by atoms with E-state index in [1.54, 1.807) is 18.2 Å². The van der Waals surface area contributed by atoms with Gasteiger partial charge in [0.1, 0.15) is 0 Å². The number of carbonyl (C=O) groups is 1. The van der Waals surface area contributed by atoms with Crippen molar-refractivity contribution in [2.24, 2.45) is 0 Å². The minimum Gasteiger partial charge on any atom is -0.504 e. The van der Waals surface area contributed by atoms with Gasteiger partial charge in [0.25, 0.3) is 0 Å². The zero-order valence-corrected chi connectivity index (χ0v) is 9.27. The van der Waals surface area contributed by atoms with Crippen molar-refractivity contribution in [1.82, 2.24) is 0 Å². The van der Waals surface area contributed by atoms with Crippen LogP contribution in [0.15, 0.2) is 24.3 Å². The molecule has 4 nitrogen and oxygen atoms in total. The predicted octanol–water partition coefficient (Wildman–Crippen LogP) is 1.98. The van der Waals surface area contributed by atoms with Crippen molar-refractivity contribution < 1.29 is 19.4 Å². The highest BCUT2D eigenvalue weighted by molar-refractivity contribution is 5.87. The Morgan fingerprint density at radius 2 is 2.25 bits per heavy atom. The zero-order chi connectivity index (χ0) is 12.0. The number of rotatable bonds is 4. The third kappa shape index (κ3) is 3.31. The van der Waals surface area contributed by atoms with Gasteiger partial charge in [0.15, 0.2) is 11.5 Å². The summed E-state index contributed by atoms with van der Waals surface area (Å²) < 4.78 is 9.68. The first-order chi connectivity index (χ1) is 7.67. The fourth-order valence-electron chi connectivity index (χ4n) is 1.14. The Bertz CT molecular complexity index is 396. The van der Waals surface area contributed by atoms with Gasteiger partial charge in [-0.1, -0.05) is 6.07 Å². The van der Waals surface area contributed by atoms with Gasteiger partial charge in [-0.15, -0.1) is 0 Å². The van der Waals surface area contributed by atoms with Crippen LogP contribution in [0.5, 0.6) is 11.5 Å². The molecule has 4 heteroatoms. The molecule has 0 amide bonds. The van der Waals surface area contributed by atoms with Gasteiger partial charge < -0.3 is 14.6 Å². The number of hydrogen-bond acceptors (Lipinski definition) is 4. The Morgan fingerprint density at radius 3 is 2.88 bits per heavy atom. The van der Waals surface area contributed by atoms with Crippen molar-refractivity contribution in [3.05, 3.63) is 29.8 Å². The number of hydrogen-bond donors (Lipinski definition) is 1. The molecule has 1 aromatic carbocycles. The van der Waals surface area contributed by atoms with E-state index in [9.17, 15) is 9.90 Å². The van der Waals surface area contributed by atoms with Gasteiger partial charge in [0.05, 0.1) is 13.7 Å². The highest BCUT2D eigenvalue weighted by Gasteiger charge is 2.01. The van der Waals surface area contributed by atoms with Gasteiger partial charge in [0, 0.05) is 6.08 Å². The molecule has 0 atom stereocenters. The largest absolute Gasteiger partial charge is 0.504 e. The first kappa shape index (κ1) is 12.1. The van der Waals surface area contributed by atoms with E-state index in [-0.39, 0.29) is 5.75 Å². The molecule has 0 saturated heterocycles. The average Bonchev–Trinajstić information content (AvgIpc) is 2.30. The van der Waals surface area contributed by atoms with Crippen LogP contribution in [0.1, 0.15) is 12.5 Å². The van der Waals surface area contributed by atoms with Gasteiger partial charge in [-0.25, -0.2) is 4.79 Å². The highest BCUT2D eigenvalue weighted by Crippen LogP contribution is 2.27. The summed E-state index contributed by atoms with van der Waals surface area (Å²) in [5, 5.41) is 9.45. The minimum absolute atomic E-state index is 0.0806. The molecule has 0 heterocycles. The lowest BCUT2D eigenvalue weighted by molar-refractivity contribution is -0.134. The first-order valence-corrected chi connectivity index (χ1v) is 4.89. The van der Waals surface area contributed by atoms with Crippen molar-refractivity contribution in [2.45, 2.75) is 6.92 Å². The van der Waals surface area contributed by atoms with E-state index >= 15 is 0 Å². The lowest BCUT2D eigenvalue weighted by Gasteiger charge is -2.05. The molecule has 0 aromatic heterocycles. The number of methoxy groups -OCH3 is 1. The molecule has 86 valence electrons.